The van der Waals surface area contributed by atoms with E-state index in [0.29, 0.717) is 29.5 Å². The van der Waals surface area contributed by atoms with E-state index in [1.165, 1.54) is 0 Å². The van der Waals surface area contributed by atoms with Crippen LogP contribution in [0.4, 0.5) is 5.69 Å². The van der Waals surface area contributed by atoms with Crippen LogP contribution in [0.15, 0.2) is 48.5 Å². The normalized spacial score (nSPS) is 10.5. The van der Waals surface area contributed by atoms with Crippen LogP contribution in [0.2, 0.25) is 0 Å². The van der Waals surface area contributed by atoms with E-state index >= 15 is 0 Å². The molecule has 3 nitrogen and oxygen atoms in total. The van der Waals surface area contributed by atoms with E-state index in [0.717, 1.165) is 3.57 Å². The van der Waals surface area contributed by atoms with E-state index in [4.69, 9.17) is 4.74 Å². The molecule has 2 aromatic carbocycles. The first-order valence-electron chi connectivity index (χ1n) is 6.85. The number of halogens is 1. The van der Waals surface area contributed by atoms with Gasteiger partial charge in [0.15, 0.2) is 0 Å². The van der Waals surface area contributed by atoms with Gasteiger partial charge in [-0.2, -0.15) is 0 Å². The standard InChI is InChI=1S/C17H18INO2/c1-12(2)11-21-16-9-4-3-8-15(16)19-17(20)13-6-5-7-14(18)10-13/h3-10,12H,11H2,1-2H3,(H,19,20). The number of carbonyl (C=O) groups excluding carboxylic acids is 1. The number of hydrogen-bond acceptors (Lipinski definition) is 2. The Morgan fingerprint density at radius 1 is 1.19 bits per heavy atom. The lowest BCUT2D eigenvalue weighted by molar-refractivity contribution is 0.102. The van der Waals surface area contributed by atoms with E-state index in [2.05, 4.69) is 41.8 Å². The molecule has 0 unspecified atom stereocenters. The van der Waals surface area contributed by atoms with Gasteiger partial charge in [-0.1, -0.05) is 32.0 Å². The third-order valence-electron chi connectivity index (χ3n) is 2.79. The van der Waals surface area contributed by atoms with E-state index in [1.54, 1.807) is 6.07 Å². The lowest BCUT2D eigenvalue weighted by Crippen LogP contribution is -2.14. The Morgan fingerprint density at radius 3 is 2.67 bits per heavy atom. The summed E-state index contributed by atoms with van der Waals surface area (Å²) in [4.78, 5) is 12.3. The molecule has 0 fully saturated rings. The second-order valence-electron chi connectivity index (χ2n) is 5.17. The van der Waals surface area contributed by atoms with Gasteiger partial charge < -0.3 is 10.1 Å². The van der Waals surface area contributed by atoms with Crippen molar-refractivity contribution in [1.29, 1.82) is 0 Å². The van der Waals surface area contributed by atoms with E-state index in [-0.39, 0.29) is 5.91 Å². The number of benzene rings is 2. The van der Waals surface area contributed by atoms with Gasteiger partial charge in [-0.3, -0.25) is 4.79 Å². The molecular formula is C17H18INO2. The summed E-state index contributed by atoms with van der Waals surface area (Å²) in [6.45, 7) is 4.80. The predicted octanol–water partition coefficient (Wildman–Crippen LogP) is 4.58. The first-order chi connectivity index (χ1) is 10.1. The molecule has 0 heterocycles. The van der Waals surface area contributed by atoms with Crippen molar-refractivity contribution in [2.45, 2.75) is 13.8 Å². The lowest BCUT2D eigenvalue weighted by atomic mass is 10.2. The molecule has 110 valence electrons. The van der Waals surface area contributed by atoms with Gasteiger partial charge in [0.2, 0.25) is 0 Å². The minimum Gasteiger partial charge on any atom is -0.491 e. The minimum absolute atomic E-state index is 0.130. The zero-order valence-corrected chi connectivity index (χ0v) is 14.3. The first-order valence-corrected chi connectivity index (χ1v) is 7.93. The number of ether oxygens (including phenoxy) is 1. The van der Waals surface area contributed by atoms with Crippen LogP contribution in [0.1, 0.15) is 24.2 Å². The van der Waals surface area contributed by atoms with Crippen molar-refractivity contribution in [3.05, 3.63) is 57.7 Å². The predicted molar refractivity (Wildman–Crippen MR) is 93.9 cm³/mol. The summed E-state index contributed by atoms with van der Waals surface area (Å²) in [6, 6.07) is 15.0. The fraction of sp³-hybridized carbons (Fsp3) is 0.235. The number of rotatable bonds is 5. The fourth-order valence-corrected chi connectivity index (χ4v) is 2.32. The zero-order valence-electron chi connectivity index (χ0n) is 12.1. The number of anilines is 1. The highest BCUT2D eigenvalue weighted by Gasteiger charge is 2.10. The molecule has 0 spiro atoms. The second-order valence-corrected chi connectivity index (χ2v) is 6.41. The Balaban J connectivity index is 2.13. The monoisotopic (exact) mass is 395 g/mol. The molecule has 0 radical (unpaired) electrons. The molecule has 2 rings (SSSR count). The van der Waals surface area contributed by atoms with Crippen LogP contribution >= 0.6 is 22.6 Å². The molecule has 0 aliphatic heterocycles. The minimum atomic E-state index is -0.130. The Morgan fingerprint density at radius 2 is 1.95 bits per heavy atom. The van der Waals surface area contributed by atoms with Gasteiger partial charge in [0, 0.05) is 9.13 Å². The topological polar surface area (TPSA) is 38.3 Å². The van der Waals surface area contributed by atoms with Gasteiger partial charge in [0.1, 0.15) is 5.75 Å². The number of amides is 1. The van der Waals surface area contributed by atoms with Crippen LogP contribution in [0.3, 0.4) is 0 Å². The van der Waals surface area contributed by atoms with Crippen molar-refractivity contribution in [2.75, 3.05) is 11.9 Å². The highest BCUT2D eigenvalue weighted by Crippen LogP contribution is 2.25. The zero-order chi connectivity index (χ0) is 15.2. The average molecular weight is 395 g/mol. The number of nitrogens with one attached hydrogen (secondary N) is 1. The molecule has 2 aromatic rings. The Labute approximate surface area is 138 Å². The quantitative estimate of drug-likeness (QED) is 0.753. The number of hydrogen-bond donors (Lipinski definition) is 1. The fourth-order valence-electron chi connectivity index (χ4n) is 1.78. The van der Waals surface area contributed by atoms with Crippen molar-refractivity contribution in [3.8, 4) is 5.75 Å². The molecule has 0 aliphatic carbocycles. The van der Waals surface area contributed by atoms with Gasteiger partial charge in [0.25, 0.3) is 5.91 Å². The molecule has 0 saturated heterocycles. The summed E-state index contributed by atoms with van der Waals surface area (Å²) >= 11 is 2.19. The molecule has 0 aliphatic rings. The maximum atomic E-state index is 12.3. The SMILES string of the molecule is CC(C)COc1ccccc1NC(=O)c1cccc(I)c1. The van der Waals surface area contributed by atoms with E-state index < -0.39 is 0 Å². The van der Waals surface area contributed by atoms with Crippen molar-refractivity contribution in [3.63, 3.8) is 0 Å². The molecule has 21 heavy (non-hydrogen) atoms. The number of para-hydroxylation sites is 2. The van der Waals surface area contributed by atoms with Crippen LogP contribution in [0, 0.1) is 9.49 Å². The third-order valence-corrected chi connectivity index (χ3v) is 3.47. The maximum absolute atomic E-state index is 12.3. The molecule has 0 bridgehead atoms. The molecule has 0 atom stereocenters. The third kappa shape index (κ3) is 4.74. The largest absolute Gasteiger partial charge is 0.491 e. The Kier molecular flexibility index (Phi) is 5.61. The first kappa shape index (κ1) is 15.8. The summed E-state index contributed by atoms with van der Waals surface area (Å²) in [5.74, 6) is 1.00. The van der Waals surface area contributed by atoms with Gasteiger partial charge in [-0.05, 0) is 58.8 Å². The number of carbonyl (C=O) groups is 1. The van der Waals surface area contributed by atoms with Crippen molar-refractivity contribution in [2.24, 2.45) is 5.92 Å². The van der Waals surface area contributed by atoms with Crippen molar-refractivity contribution < 1.29 is 9.53 Å². The summed E-state index contributed by atoms with van der Waals surface area (Å²) in [5.41, 5.74) is 1.34. The average Bonchev–Trinajstić information content (AvgIpc) is 2.46. The summed E-state index contributed by atoms with van der Waals surface area (Å²) < 4.78 is 6.77. The van der Waals surface area contributed by atoms with Crippen LogP contribution in [0.25, 0.3) is 0 Å². The van der Waals surface area contributed by atoms with Crippen LogP contribution in [-0.2, 0) is 0 Å². The highest BCUT2D eigenvalue weighted by atomic mass is 127. The lowest BCUT2D eigenvalue weighted by Gasteiger charge is -2.14. The Bertz CT molecular complexity index is 626. The molecule has 1 amide bonds. The summed E-state index contributed by atoms with van der Waals surface area (Å²) in [7, 11) is 0. The van der Waals surface area contributed by atoms with Gasteiger partial charge >= 0.3 is 0 Å². The van der Waals surface area contributed by atoms with Crippen LogP contribution < -0.4 is 10.1 Å². The van der Waals surface area contributed by atoms with E-state index in [9.17, 15) is 4.79 Å². The summed E-state index contributed by atoms with van der Waals surface area (Å²) in [6.07, 6.45) is 0. The summed E-state index contributed by atoms with van der Waals surface area (Å²) in [5, 5.41) is 2.91. The molecular weight excluding hydrogens is 377 g/mol. The maximum Gasteiger partial charge on any atom is 0.255 e. The molecule has 1 N–H and O–H groups in total. The second kappa shape index (κ2) is 7.45. The van der Waals surface area contributed by atoms with Gasteiger partial charge in [0.05, 0.1) is 12.3 Å². The van der Waals surface area contributed by atoms with Crippen molar-refractivity contribution in [1.82, 2.24) is 0 Å². The van der Waals surface area contributed by atoms with Crippen molar-refractivity contribution >= 4 is 34.2 Å². The van der Waals surface area contributed by atoms with Crippen LogP contribution in [0.5, 0.6) is 5.75 Å². The smallest absolute Gasteiger partial charge is 0.255 e. The molecule has 0 aromatic heterocycles. The van der Waals surface area contributed by atoms with E-state index in [1.807, 2.05) is 42.5 Å². The molecule has 4 heteroatoms. The molecule has 0 saturated carbocycles. The van der Waals surface area contributed by atoms with Gasteiger partial charge in [-0.15, -0.1) is 0 Å². The van der Waals surface area contributed by atoms with Crippen LogP contribution in [-0.4, -0.2) is 12.5 Å². The van der Waals surface area contributed by atoms with Gasteiger partial charge in [-0.25, -0.2) is 0 Å². The Hall–Kier alpha value is -1.56. The highest BCUT2D eigenvalue weighted by molar-refractivity contribution is 14.1.